The van der Waals surface area contributed by atoms with Gasteiger partial charge in [-0.1, -0.05) is 0 Å². The Kier molecular flexibility index (Phi) is 4.97. The van der Waals surface area contributed by atoms with Crippen molar-refractivity contribution in [2.75, 3.05) is 35.5 Å². The summed E-state index contributed by atoms with van der Waals surface area (Å²) >= 11 is 4.12. The monoisotopic (exact) mass is 435 g/mol. The molecule has 0 unspecified atom stereocenters. The standard InChI is InChI=1S/C15H16ClFIN3O/c16-14-5-6-18(19-14)11-15(22)21-9-7-20(8-10-21)13-3-1-12(17)2-4-13/h1-6H,7-11H2. The zero-order valence-electron chi connectivity index (χ0n) is 11.9. The molecule has 7 heteroatoms. The summed E-state index contributed by atoms with van der Waals surface area (Å²) in [6.07, 6.45) is 1.80. The number of anilines is 1. The van der Waals surface area contributed by atoms with Crippen molar-refractivity contribution in [1.29, 1.82) is 0 Å². The number of hydrogen-bond donors (Lipinski definition) is 0. The molecule has 4 nitrogen and oxygen atoms in total. The van der Waals surface area contributed by atoms with Crippen LogP contribution in [0.2, 0.25) is 0 Å². The van der Waals surface area contributed by atoms with Gasteiger partial charge in [-0.15, -0.1) is 0 Å². The molecule has 0 spiro atoms. The molecule has 1 saturated heterocycles. The predicted molar refractivity (Wildman–Crippen MR) is 96.5 cm³/mol. The Morgan fingerprint density at radius 2 is 1.91 bits per heavy atom. The summed E-state index contributed by atoms with van der Waals surface area (Å²) in [6, 6.07) is 6.49. The molecule has 2 aliphatic heterocycles. The van der Waals surface area contributed by atoms with Crippen LogP contribution in [-0.2, 0) is 4.79 Å². The summed E-state index contributed by atoms with van der Waals surface area (Å²) in [7, 11) is 0. The maximum atomic E-state index is 13.0. The van der Waals surface area contributed by atoms with Gasteiger partial charge in [-0.2, -0.15) is 0 Å². The number of amides is 1. The molecule has 0 aromatic heterocycles. The van der Waals surface area contributed by atoms with Gasteiger partial charge >= 0.3 is 141 Å². The van der Waals surface area contributed by atoms with Crippen molar-refractivity contribution in [3.63, 3.8) is 0 Å². The van der Waals surface area contributed by atoms with Crippen molar-refractivity contribution in [3.05, 3.63) is 40.2 Å². The average molecular weight is 436 g/mol. The van der Waals surface area contributed by atoms with Gasteiger partial charge in [0.05, 0.1) is 0 Å². The second-order valence-electron chi connectivity index (χ2n) is 5.05. The molecular weight excluding hydrogens is 420 g/mol. The van der Waals surface area contributed by atoms with Crippen molar-refractivity contribution < 1.29 is 9.18 Å². The summed E-state index contributed by atoms with van der Waals surface area (Å²) in [6.45, 7) is 2.93. The Morgan fingerprint density at radius 3 is 2.50 bits per heavy atom. The van der Waals surface area contributed by atoms with Crippen molar-refractivity contribution >= 4 is 48.5 Å². The number of alkyl halides is 1. The zero-order chi connectivity index (χ0) is 15.5. The third-order valence-corrected chi connectivity index (χ3v) is 7.87. The van der Waals surface area contributed by atoms with Crippen LogP contribution >= 0.6 is 31.7 Å². The minimum absolute atomic E-state index is 0.170. The van der Waals surface area contributed by atoms with Crippen LogP contribution in [0.1, 0.15) is 0 Å². The molecule has 3 rings (SSSR count). The van der Waals surface area contributed by atoms with Crippen LogP contribution in [-0.4, -0.2) is 46.6 Å². The van der Waals surface area contributed by atoms with Gasteiger partial charge in [0.2, 0.25) is 0 Å². The molecule has 0 atom stereocenters. The zero-order valence-corrected chi connectivity index (χ0v) is 14.8. The quantitative estimate of drug-likeness (QED) is 0.540. The fourth-order valence-corrected chi connectivity index (χ4v) is 6.50. The molecule has 1 amide bonds. The Balaban J connectivity index is 1.52. The topological polar surface area (TPSA) is 35.9 Å². The fourth-order valence-electron chi connectivity index (χ4n) is 2.43. The summed E-state index contributed by atoms with van der Waals surface area (Å²) in [4.78, 5) is 16.4. The SMILES string of the molecule is O=C(CI1C=CC(Cl)=N1)N1CCN(c2ccc(F)cc2)CC1. The van der Waals surface area contributed by atoms with Gasteiger partial charge in [0.15, 0.2) is 0 Å². The van der Waals surface area contributed by atoms with Gasteiger partial charge in [-0.05, 0) is 0 Å². The summed E-state index contributed by atoms with van der Waals surface area (Å²) < 4.78 is 19.8. The van der Waals surface area contributed by atoms with Gasteiger partial charge in [-0.3, -0.25) is 0 Å². The number of carbonyl (C=O) groups excluding carboxylic acids is 1. The Bertz CT molecular complexity index is 612. The van der Waals surface area contributed by atoms with Crippen molar-refractivity contribution in [1.82, 2.24) is 4.90 Å². The summed E-state index contributed by atoms with van der Waals surface area (Å²) in [5.41, 5.74) is 0.999. The molecule has 1 aromatic carbocycles. The van der Waals surface area contributed by atoms with E-state index in [1.807, 2.05) is 8.98 Å². The van der Waals surface area contributed by atoms with E-state index in [4.69, 9.17) is 11.6 Å². The van der Waals surface area contributed by atoms with E-state index in [0.717, 1.165) is 18.8 Å². The number of carbonyl (C=O) groups is 1. The van der Waals surface area contributed by atoms with Gasteiger partial charge in [-0.25, -0.2) is 0 Å². The molecule has 118 valence electrons. The second kappa shape index (κ2) is 6.95. The number of benzene rings is 1. The summed E-state index contributed by atoms with van der Waals surface area (Å²) in [5.74, 6) is -0.0595. The molecule has 0 N–H and O–H groups in total. The molecule has 2 heterocycles. The first kappa shape index (κ1) is 15.7. The van der Waals surface area contributed by atoms with E-state index in [1.54, 1.807) is 18.2 Å². The molecule has 22 heavy (non-hydrogen) atoms. The molecule has 1 fully saturated rings. The number of rotatable bonds is 3. The number of piperazine rings is 1. The molecule has 0 saturated carbocycles. The van der Waals surface area contributed by atoms with E-state index in [9.17, 15) is 9.18 Å². The third-order valence-electron chi connectivity index (χ3n) is 3.61. The molecule has 2 aliphatic rings. The van der Waals surface area contributed by atoms with E-state index in [-0.39, 0.29) is 11.7 Å². The van der Waals surface area contributed by atoms with Gasteiger partial charge in [0.25, 0.3) is 0 Å². The molecule has 0 radical (unpaired) electrons. The number of hydrogen-bond acceptors (Lipinski definition) is 3. The maximum absolute atomic E-state index is 13.0. The van der Waals surface area contributed by atoms with Crippen LogP contribution in [0, 0.1) is 5.82 Å². The minimum atomic E-state index is -1.70. The van der Waals surface area contributed by atoms with E-state index in [2.05, 4.69) is 8.11 Å². The third kappa shape index (κ3) is 3.78. The van der Waals surface area contributed by atoms with Crippen molar-refractivity contribution in [2.45, 2.75) is 0 Å². The first-order chi connectivity index (χ1) is 10.6. The predicted octanol–water partition coefficient (Wildman–Crippen LogP) is 3.06. The fraction of sp³-hybridized carbons (Fsp3) is 0.333. The van der Waals surface area contributed by atoms with Crippen molar-refractivity contribution in [2.24, 2.45) is 3.21 Å². The van der Waals surface area contributed by atoms with E-state index >= 15 is 0 Å². The molecule has 0 aliphatic carbocycles. The first-order valence-corrected chi connectivity index (χ1v) is 11.1. The van der Waals surface area contributed by atoms with Crippen LogP contribution in [0.25, 0.3) is 0 Å². The number of nitrogens with zero attached hydrogens (tertiary/aromatic N) is 3. The van der Waals surface area contributed by atoms with E-state index in [1.165, 1.54) is 12.1 Å². The van der Waals surface area contributed by atoms with E-state index in [0.29, 0.717) is 22.7 Å². The molecule has 1 aromatic rings. The van der Waals surface area contributed by atoms with Crippen LogP contribution in [0.15, 0.2) is 37.6 Å². The van der Waals surface area contributed by atoms with Crippen LogP contribution in [0.3, 0.4) is 0 Å². The van der Waals surface area contributed by atoms with Gasteiger partial charge in [0.1, 0.15) is 0 Å². The van der Waals surface area contributed by atoms with Crippen LogP contribution < -0.4 is 4.90 Å². The van der Waals surface area contributed by atoms with Crippen LogP contribution in [0.4, 0.5) is 10.1 Å². The average Bonchev–Trinajstić information content (AvgIpc) is 2.93. The number of allylic oxidation sites excluding steroid dienone is 1. The molecular formula is C15H16ClFIN3O. The van der Waals surface area contributed by atoms with Crippen LogP contribution in [0.5, 0.6) is 0 Å². The van der Waals surface area contributed by atoms with Gasteiger partial charge in [0, 0.05) is 0 Å². The Hall–Kier alpha value is -1.15. The normalized spacial score (nSPS) is 19.5. The van der Waals surface area contributed by atoms with Crippen molar-refractivity contribution in [3.8, 4) is 0 Å². The van der Waals surface area contributed by atoms with Gasteiger partial charge < -0.3 is 0 Å². The Labute approximate surface area is 141 Å². The molecule has 0 bridgehead atoms. The van der Waals surface area contributed by atoms with E-state index < -0.39 is 20.1 Å². The Morgan fingerprint density at radius 1 is 1.23 bits per heavy atom. The number of halogens is 3. The first-order valence-electron chi connectivity index (χ1n) is 6.97. The summed E-state index contributed by atoms with van der Waals surface area (Å²) in [5, 5.41) is 0.527. The second-order valence-corrected chi connectivity index (χ2v) is 9.52.